The third-order valence-corrected chi connectivity index (χ3v) is 3.57. The molecule has 0 saturated carbocycles. The van der Waals surface area contributed by atoms with Gasteiger partial charge < -0.3 is 20.6 Å². The van der Waals surface area contributed by atoms with E-state index in [4.69, 9.17) is 5.11 Å². The standard InChI is InChI=1S/C15H23N3O5/c1-3-5-13(20)18-7-4-6-11(9-18)14(21)16-8-12(15(22)23)17-10(2)19/h3,5,11-12H,4,6-9H2,1-2H3,(H,16,21)(H,17,19)(H,22,23)/b5-3+/t11-,12+/m1/s1. The largest absolute Gasteiger partial charge is 0.480 e. The number of amides is 3. The molecule has 1 fully saturated rings. The number of carboxylic acids is 1. The van der Waals surface area contributed by atoms with E-state index in [2.05, 4.69) is 10.6 Å². The third kappa shape index (κ3) is 6.09. The quantitative estimate of drug-likeness (QED) is 0.570. The fraction of sp³-hybridized carbons (Fsp3) is 0.600. The lowest BCUT2D eigenvalue weighted by Gasteiger charge is -2.31. The van der Waals surface area contributed by atoms with Gasteiger partial charge in [0.25, 0.3) is 0 Å². The van der Waals surface area contributed by atoms with Crippen molar-refractivity contribution in [1.29, 1.82) is 0 Å². The summed E-state index contributed by atoms with van der Waals surface area (Å²) >= 11 is 0. The van der Waals surface area contributed by atoms with E-state index in [0.29, 0.717) is 19.5 Å². The van der Waals surface area contributed by atoms with Gasteiger partial charge in [0.15, 0.2) is 0 Å². The lowest BCUT2D eigenvalue weighted by atomic mass is 9.97. The molecule has 2 atom stereocenters. The number of carboxylic acid groups (broad SMARTS) is 1. The first kappa shape index (κ1) is 18.7. The zero-order valence-electron chi connectivity index (χ0n) is 13.4. The van der Waals surface area contributed by atoms with Crippen molar-refractivity contribution in [1.82, 2.24) is 15.5 Å². The van der Waals surface area contributed by atoms with Crippen LogP contribution in [-0.4, -0.2) is 59.4 Å². The van der Waals surface area contributed by atoms with Gasteiger partial charge in [-0.2, -0.15) is 0 Å². The van der Waals surface area contributed by atoms with E-state index in [0.717, 1.165) is 6.42 Å². The molecule has 0 radical (unpaired) electrons. The maximum Gasteiger partial charge on any atom is 0.328 e. The van der Waals surface area contributed by atoms with Gasteiger partial charge in [0.1, 0.15) is 6.04 Å². The Hall–Kier alpha value is -2.38. The van der Waals surface area contributed by atoms with Crippen LogP contribution in [0.1, 0.15) is 26.7 Å². The number of likely N-dealkylation sites (tertiary alicyclic amines) is 1. The lowest BCUT2D eigenvalue weighted by Crippen LogP contribution is -2.50. The van der Waals surface area contributed by atoms with Crippen LogP contribution in [0.2, 0.25) is 0 Å². The van der Waals surface area contributed by atoms with Gasteiger partial charge in [0.2, 0.25) is 17.7 Å². The van der Waals surface area contributed by atoms with Crippen molar-refractivity contribution in [3.63, 3.8) is 0 Å². The second kappa shape index (κ2) is 8.92. The second-order valence-corrected chi connectivity index (χ2v) is 5.46. The van der Waals surface area contributed by atoms with Crippen LogP contribution in [0.3, 0.4) is 0 Å². The van der Waals surface area contributed by atoms with Crippen LogP contribution in [0.15, 0.2) is 12.2 Å². The summed E-state index contributed by atoms with van der Waals surface area (Å²) in [5.74, 6) is -2.50. The highest BCUT2D eigenvalue weighted by atomic mass is 16.4. The highest BCUT2D eigenvalue weighted by Gasteiger charge is 2.28. The Morgan fingerprint density at radius 2 is 2.04 bits per heavy atom. The van der Waals surface area contributed by atoms with Crippen molar-refractivity contribution in [3.05, 3.63) is 12.2 Å². The van der Waals surface area contributed by atoms with Gasteiger partial charge >= 0.3 is 5.97 Å². The van der Waals surface area contributed by atoms with E-state index in [-0.39, 0.29) is 24.3 Å². The number of allylic oxidation sites excluding steroid dienone is 1. The Morgan fingerprint density at radius 3 is 2.61 bits per heavy atom. The second-order valence-electron chi connectivity index (χ2n) is 5.46. The molecule has 0 bridgehead atoms. The first-order valence-electron chi connectivity index (χ1n) is 7.54. The summed E-state index contributed by atoms with van der Waals surface area (Å²) in [6, 6.07) is -1.17. The smallest absolute Gasteiger partial charge is 0.328 e. The van der Waals surface area contributed by atoms with Crippen molar-refractivity contribution in [2.24, 2.45) is 5.92 Å². The van der Waals surface area contributed by atoms with E-state index in [9.17, 15) is 19.2 Å². The van der Waals surface area contributed by atoms with Gasteiger partial charge in [-0.05, 0) is 25.8 Å². The molecule has 1 rings (SSSR count). The van der Waals surface area contributed by atoms with Gasteiger partial charge in [-0.25, -0.2) is 4.79 Å². The number of rotatable bonds is 6. The highest BCUT2D eigenvalue weighted by Crippen LogP contribution is 2.17. The minimum atomic E-state index is -1.21. The Bertz CT molecular complexity index is 503. The predicted octanol–water partition coefficient (Wildman–Crippen LogP) is -0.493. The number of carbonyl (C=O) groups is 4. The van der Waals surface area contributed by atoms with Crippen LogP contribution in [0, 0.1) is 5.92 Å². The summed E-state index contributed by atoms with van der Waals surface area (Å²) in [5.41, 5.74) is 0. The minimum Gasteiger partial charge on any atom is -0.480 e. The van der Waals surface area contributed by atoms with E-state index in [1.807, 2.05) is 0 Å². The lowest BCUT2D eigenvalue weighted by molar-refractivity contribution is -0.141. The first-order valence-corrected chi connectivity index (χ1v) is 7.54. The Balaban J connectivity index is 2.54. The fourth-order valence-electron chi connectivity index (χ4n) is 2.43. The molecule has 0 aromatic heterocycles. The topological polar surface area (TPSA) is 116 Å². The van der Waals surface area contributed by atoms with Gasteiger partial charge in [0, 0.05) is 26.6 Å². The molecule has 8 nitrogen and oxygen atoms in total. The molecule has 0 unspecified atom stereocenters. The molecule has 1 aliphatic rings. The molecule has 23 heavy (non-hydrogen) atoms. The summed E-state index contributed by atoms with van der Waals surface area (Å²) in [6.45, 7) is 3.69. The first-order chi connectivity index (χ1) is 10.8. The van der Waals surface area contributed by atoms with Gasteiger partial charge in [-0.1, -0.05) is 6.08 Å². The van der Waals surface area contributed by atoms with Gasteiger partial charge in [-0.15, -0.1) is 0 Å². The van der Waals surface area contributed by atoms with Crippen molar-refractivity contribution in [2.45, 2.75) is 32.7 Å². The molecule has 0 aromatic carbocycles. The molecule has 8 heteroatoms. The number of nitrogens with one attached hydrogen (secondary N) is 2. The molecule has 3 amide bonds. The van der Waals surface area contributed by atoms with Crippen LogP contribution in [0.4, 0.5) is 0 Å². The van der Waals surface area contributed by atoms with E-state index >= 15 is 0 Å². The summed E-state index contributed by atoms with van der Waals surface area (Å²) in [6.07, 6.45) is 4.47. The maximum absolute atomic E-state index is 12.2. The van der Waals surface area contributed by atoms with Crippen LogP contribution in [-0.2, 0) is 19.2 Å². The molecule has 1 heterocycles. The van der Waals surface area contributed by atoms with E-state index < -0.39 is 17.9 Å². The fourth-order valence-corrected chi connectivity index (χ4v) is 2.43. The number of piperidine rings is 1. The summed E-state index contributed by atoms with van der Waals surface area (Å²) in [4.78, 5) is 47.6. The summed E-state index contributed by atoms with van der Waals surface area (Å²) in [5, 5.41) is 13.8. The number of nitrogens with zero attached hydrogens (tertiary/aromatic N) is 1. The minimum absolute atomic E-state index is 0.133. The summed E-state index contributed by atoms with van der Waals surface area (Å²) in [7, 11) is 0. The third-order valence-electron chi connectivity index (χ3n) is 3.57. The Labute approximate surface area is 134 Å². The van der Waals surface area contributed by atoms with Crippen LogP contribution in [0.25, 0.3) is 0 Å². The Kier molecular flexibility index (Phi) is 7.24. The Morgan fingerprint density at radius 1 is 1.35 bits per heavy atom. The average Bonchev–Trinajstić information content (AvgIpc) is 2.50. The molecule has 1 aliphatic heterocycles. The number of hydrogen-bond acceptors (Lipinski definition) is 4. The van der Waals surface area contributed by atoms with Crippen LogP contribution in [0.5, 0.6) is 0 Å². The molecule has 128 valence electrons. The predicted molar refractivity (Wildman–Crippen MR) is 82.4 cm³/mol. The average molecular weight is 325 g/mol. The SMILES string of the molecule is C/C=C/C(=O)N1CCC[C@@H](C(=O)NC[C@H](NC(C)=O)C(=O)O)C1. The number of carbonyl (C=O) groups excluding carboxylic acids is 3. The molecule has 1 saturated heterocycles. The zero-order valence-corrected chi connectivity index (χ0v) is 13.4. The van der Waals surface area contributed by atoms with Gasteiger partial charge in [-0.3, -0.25) is 14.4 Å². The molecule has 0 aliphatic carbocycles. The zero-order chi connectivity index (χ0) is 17.4. The van der Waals surface area contributed by atoms with E-state index in [1.165, 1.54) is 13.0 Å². The van der Waals surface area contributed by atoms with Crippen molar-refractivity contribution >= 4 is 23.7 Å². The molecule has 3 N–H and O–H groups in total. The normalized spacial score (nSPS) is 19.2. The highest BCUT2D eigenvalue weighted by molar-refractivity contribution is 5.88. The molecule has 0 spiro atoms. The molecular formula is C15H23N3O5. The van der Waals surface area contributed by atoms with Crippen molar-refractivity contribution in [2.75, 3.05) is 19.6 Å². The van der Waals surface area contributed by atoms with Gasteiger partial charge in [0.05, 0.1) is 5.92 Å². The van der Waals surface area contributed by atoms with Crippen LogP contribution >= 0.6 is 0 Å². The number of aliphatic carboxylic acids is 1. The van der Waals surface area contributed by atoms with E-state index in [1.54, 1.807) is 17.9 Å². The van der Waals surface area contributed by atoms with Crippen LogP contribution < -0.4 is 10.6 Å². The van der Waals surface area contributed by atoms with Crippen molar-refractivity contribution < 1.29 is 24.3 Å². The molecular weight excluding hydrogens is 302 g/mol. The molecule has 0 aromatic rings. The number of hydrogen-bond donors (Lipinski definition) is 3. The van der Waals surface area contributed by atoms with Crippen molar-refractivity contribution in [3.8, 4) is 0 Å². The summed E-state index contributed by atoms with van der Waals surface area (Å²) < 4.78 is 0. The maximum atomic E-state index is 12.2. The monoisotopic (exact) mass is 325 g/mol.